The molecule has 1 aliphatic heterocycles. The van der Waals surface area contributed by atoms with Crippen molar-refractivity contribution < 1.29 is 19.4 Å². The average molecular weight is 300 g/mol. The third-order valence-electron chi connectivity index (χ3n) is 3.35. The minimum atomic E-state index is -0.901. The maximum atomic E-state index is 11.6. The van der Waals surface area contributed by atoms with Crippen molar-refractivity contribution in [3.8, 4) is 11.5 Å². The van der Waals surface area contributed by atoms with Crippen LogP contribution in [0.2, 0.25) is 5.02 Å². The summed E-state index contributed by atoms with van der Waals surface area (Å²) in [6.45, 7) is 6.03. The second-order valence-corrected chi connectivity index (χ2v) is 4.90. The lowest BCUT2D eigenvalue weighted by molar-refractivity contribution is -0.143. The van der Waals surface area contributed by atoms with Crippen LogP contribution < -0.4 is 9.47 Å². The van der Waals surface area contributed by atoms with Crippen LogP contribution in [0.1, 0.15) is 25.5 Å². The van der Waals surface area contributed by atoms with E-state index >= 15 is 0 Å². The highest BCUT2D eigenvalue weighted by molar-refractivity contribution is 6.32. The zero-order valence-electron chi connectivity index (χ0n) is 11.6. The molecule has 0 spiro atoms. The molecular formula is C14H18ClNO4. The summed E-state index contributed by atoms with van der Waals surface area (Å²) in [5.74, 6) is 0.101. The van der Waals surface area contributed by atoms with Crippen LogP contribution in [0.4, 0.5) is 0 Å². The van der Waals surface area contributed by atoms with E-state index in [1.54, 1.807) is 12.1 Å². The van der Waals surface area contributed by atoms with Gasteiger partial charge in [0.15, 0.2) is 11.5 Å². The first-order chi connectivity index (χ1) is 9.58. The summed E-state index contributed by atoms with van der Waals surface area (Å²) in [5, 5.41) is 9.88. The molecule has 0 aromatic heterocycles. The largest absolute Gasteiger partial charge is 0.486 e. The summed E-state index contributed by atoms with van der Waals surface area (Å²) in [7, 11) is 0. The zero-order chi connectivity index (χ0) is 14.7. The molecule has 110 valence electrons. The number of benzene rings is 1. The number of hydrogen-bond acceptors (Lipinski definition) is 4. The minimum Gasteiger partial charge on any atom is -0.486 e. The van der Waals surface area contributed by atoms with Crippen molar-refractivity contribution in [1.29, 1.82) is 0 Å². The van der Waals surface area contributed by atoms with Gasteiger partial charge < -0.3 is 14.6 Å². The number of fused-ring (bicyclic) bond motifs is 1. The van der Waals surface area contributed by atoms with E-state index < -0.39 is 12.0 Å². The smallest absolute Gasteiger partial charge is 0.325 e. The van der Waals surface area contributed by atoms with Crippen molar-refractivity contribution in [3.63, 3.8) is 0 Å². The fourth-order valence-corrected chi connectivity index (χ4v) is 2.66. The Balaban J connectivity index is 2.43. The van der Waals surface area contributed by atoms with Gasteiger partial charge in [-0.3, -0.25) is 9.69 Å². The lowest BCUT2D eigenvalue weighted by Gasteiger charge is -2.28. The van der Waals surface area contributed by atoms with Crippen molar-refractivity contribution in [2.45, 2.75) is 19.9 Å². The molecule has 1 unspecified atom stereocenters. The van der Waals surface area contributed by atoms with Crippen LogP contribution in [-0.4, -0.2) is 42.3 Å². The number of carboxylic acids is 1. The highest BCUT2D eigenvalue weighted by Gasteiger charge is 2.28. The first kappa shape index (κ1) is 14.9. The molecule has 0 bridgehead atoms. The van der Waals surface area contributed by atoms with Crippen molar-refractivity contribution >= 4 is 17.6 Å². The van der Waals surface area contributed by atoms with Crippen LogP contribution in [0.15, 0.2) is 12.1 Å². The van der Waals surface area contributed by atoms with Gasteiger partial charge in [0.2, 0.25) is 0 Å². The summed E-state index contributed by atoms with van der Waals surface area (Å²) in [4.78, 5) is 13.4. The molecule has 0 aliphatic carbocycles. The number of likely N-dealkylation sites (N-methyl/N-ethyl adjacent to an activating group) is 1. The van der Waals surface area contributed by atoms with E-state index in [4.69, 9.17) is 21.1 Å². The fourth-order valence-electron chi connectivity index (χ4n) is 2.39. The van der Waals surface area contributed by atoms with Crippen molar-refractivity contribution in [2.24, 2.45) is 0 Å². The van der Waals surface area contributed by atoms with Gasteiger partial charge in [0, 0.05) is 0 Å². The molecule has 0 saturated heterocycles. The first-order valence-corrected chi connectivity index (χ1v) is 7.02. The van der Waals surface area contributed by atoms with E-state index in [9.17, 15) is 9.90 Å². The minimum absolute atomic E-state index is 0.385. The number of rotatable bonds is 5. The van der Waals surface area contributed by atoms with Gasteiger partial charge in [-0.1, -0.05) is 25.4 Å². The van der Waals surface area contributed by atoms with Gasteiger partial charge in [-0.2, -0.15) is 0 Å². The van der Waals surface area contributed by atoms with Gasteiger partial charge in [-0.15, -0.1) is 0 Å². The number of halogens is 1. The van der Waals surface area contributed by atoms with E-state index in [1.165, 1.54) is 0 Å². The predicted octanol–water partition coefficient (Wildman–Crippen LogP) is 2.58. The highest BCUT2D eigenvalue weighted by Crippen LogP contribution is 2.40. The monoisotopic (exact) mass is 299 g/mol. The van der Waals surface area contributed by atoms with Crippen molar-refractivity contribution in [1.82, 2.24) is 4.90 Å². The number of hydrogen-bond donors (Lipinski definition) is 1. The van der Waals surface area contributed by atoms with E-state index in [1.807, 2.05) is 18.7 Å². The van der Waals surface area contributed by atoms with Gasteiger partial charge in [0.1, 0.15) is 19.3 Å². The highest BCUT2D eigenvalue weighted by atomic mass is 35.5. The first-order valence-electron chi connectivity index (χ1n) is 6.64. The number of nitrogens with zero attached hydrogens (tertiary/aromatic N) is 1. The number of aliphatic carboxylic acids is 1. The Bertz CT molecular complexity index is 502. The SMILES string of the molecule is CCN(CC)C(C(=O)O)c1cc(Cl)c2c(c1)OCCO2. The Labute approximate surface area is 123 Å². The molecule has 1 aromatic carbocycles. The molecule has 1 atom stereocenters. The molecule has 6 heteroatoms. The number of carboxylic acid groups (broad SMARTS) is 1. The van der Waals surface area contributed by atoms with Gasteiger partial charge in [-0.25, -0.2) is 0 Å². The molecule has 0 fully saturated rings. The van der Waals surface area contributed by atoms with E-state index in [0.29, 0.717) is 48.4 Å². The van der Waals surface area contributed by atoms with Crippen molar-refractivity contribution in [3.05, 3.63) is 22.7 Å². The molecule has 1 aliphatic rings. The lowest BCUT2D eigenvalue weighted by Crippen LogP contribution is -2.34. The van der Waals surface area contributed by atoms with Gasteiger partial charge in [-0.05, 0) is 30.8 Å². The summed E-state index contributed by atoms with van der Waals surface area (Å²) in [5.41, 5.74) is 0.607. The summed E-state index contributed by atoms with van der Waals surface area (Å²) >= 11 is 6.17. The van der Waals surface area contributed by atoms with E-state index in [2.05, 4.69) is 0 Å². The molecule has 20 heavy (non-hydrogen) atoms. The molecule has 1 aromatic rings. The second-order valence-electron chi connectivity index (χ2n) is 4.49. The molecule has 2 rings (SSSR count). The van der Waals surface area contributed by atoms with Gasteiger partial charge in [0.25, 0.3) is 0 Å². The lowest BCUT2D eigenvalue weighted by atomic mass is 10.0. The molecule has 0 amide bonds. The van der Waals surface area contributed by atoms with Gasteiger partial charge in [0.05, 0.1) is 5.02 Å². The van der Waals surface area contributed by atoms with Crippen molar-refractivity contribution in [2.75, 3.05) is 26.3 Å². The number of carbonyl (C=O) groups is 1. The van der Waals surface area contributed by atoms with Crippen LogP contribution in [-0.2, 0) is 4.79 Å². The maximum absolute atomic E-state index is 11.6. The molecule has 1 N–H and O–H groups in total. The molecular weight excluding hydrogens is 282 g/mol. The quantitative estimate of drug-likeness (QED) is 0.905. The van der Waals surface area contributed by atoms with Crippen LogP contribution in [0, 0.1) is 0 Å². The van der Waals surface area contributed by atoms with Crippen LogP contribution >= 0.6 is 11.6 Å². The van der Waals surface area contributed by atoms with E-state index in [-0.39, 0.29) is 0 Å². The Morgan fingerprint density at radius 1 is 1.35 bits per heavy atom. The van der Waals surface area contributed by atoms with Gasteiger partial charge >= 0.3 is 5.97 Å². The third-order valence-corrected chi connectivity index (χ3v) is 3.63. The Morgan fingerprint density at radius 3 is 2.60 bits per heavy atom. The van der Waals surface area contributed by atoms with Crippen LogP contribution in [0.3, 0.4) is 0 Å². The van der Waals surface area contributed by atoms with E-state index in [0.717, 1.165) is 0 Å². The molecule has 5 nitrogen and oxygen atoms in total. The third kappa shape index (κ3) is 2.83. The Kier molecular flexibility index (Phi) is 4.73. The molecule has 0 radical (unpaired) electrons. The Morgan fingerprint density at radius 2 is 2.00 bits per heavy atom. The number of ether oxygens (including phenoxy) is 2. The summed E-state index contributed by atoms with van der Waals surface area (Å²) in [6, 6.07) is 2.61. The predicted molar refractivity (Wildman–Crippen MR) is 75.7 cm³/mol. The zero-order valence-corrected chi connectivity index (χ0v) is 12.3. The standard InChI is InChI=1S/C14H18ClNO4/c1-3-16(4-2)12(14(17)18)9-7-10(15)13-11(8-9)19-5-6-20-13/h7-8,12H,3-6H2,1-2H3,(H,17,18). The topological polar surface area (TPSA) is 59.0 Å². The fraction of sp³-hybridized carbons (Fsp3) is 0.500. The van der Waals surface area contributed by atoms with Crippen LogP contribution in [0.5, 0.6) is 11.5 Å². The maximum Gasteiger partial charge on any atom is 0.325 e. The second kappa shape index (κ2) is 6.33. The normalized spacial score (nSPS) is 15.2. The summed E-state index contributed by atoms with van der Waals surface area (Å²) < 4.78 is 10.9. The molecule has 0 saturated carbocycles. The Hall–Kier alpha value is -1.46. The average Bonchev–Trinajstić information content (AvgIpc) is 2.44. The molecule has 1 heterocycles. The summed E-state index contributed by atoms with van der Waals surface area (Å²) in [6.07, 6.45) is 0. The van der Waals surface area contributed by atoms with Crippen LogP contribution in [0.25, 0.3) is 0 Å².